The van der Waals surface area contributed by atoms with Gasteiger partial charge in [0.25, 0.3) is 0 Å². The molecule has 0 unspecified atom stereocenters. The average molecular weight is 339 g/mol. The van der Waals surface area contributed by atoms with Crippen LogP contribution in [0, 0.1) is 6.92 Å². The molecule has 1 aliphatic rings. The monoisotopic (exact) mass is 338 g/mol. The Hall–Kier alpha value is -0.910. The molecule has 5 heteroatoms. The molecular weight excluding hydrogens is 324 g/mol. The molecule has 0 radical (unpaired) electrons. The number of thiazole rings is 1. The maximum absolute atomic E-state index is 5.39. The van der Waals surface area contributed by atoms with Gasteiger partial charge in [-0.25, -0.2) is 4.98 Å². The summed E-state index contributed by atoms with van der Waals surface area (Å²) >= 11 is 5.28. The lowest BCUT2D eigenvalue weighted by atomic mass is 10.1. The molecule has 1 aliphatic heterocycles. The Bertz CT molecular complexity index is 579. The van der Waals surface area contributed by atoms with Gasteiger partial charge in [-0.1, -0.05) is 28.1 Å². The van der Waals surface area contributed by atoms with Crippen LogP contribution in [0.25, 0.3) is 11.3 Å². The Morgan fingerprint density at radius 2 is 2.11 bits per heavy atom. The lowest BCUT2D eigenvalue weighted by Gasteiger charge is -2.26. The van der Waals surface area contributed by atoms with E-state index in [0.717, 1.165) is 41.6 Å². The van der Waals surface area contributed by atoms with Gasteiger partial charge >= 0.3 is 0 Å². The van der Waals surface area contributed by atoms with Crippen molar-refractivity contribution in [3.05, 3.63) is 33.6 Å². The van der Waals surface area contributed by atoms with E-state index in [1.54, 1.807) is 11.3 Å². The molecule has 0 saturated carbocycles. The molecule has 0 aliphatic carbocycles. The largest absolute Gasteiger partial charge is 0.378 e. The van der Waals surface area contributed by atoms with Crippen LogP contribution >= 0.6 is 27.3 Å². The summed E-state index contributed by atoms with van der Waals surface area (Å²) in [6, 6.07) is 8.31. The average Bonchev–Trinajstić information content (AvgIpc) is 2.82. The molecular formula is C14H15BrN2OS. The van der Waals surface area contributed by atoms with Crippen LogP contribution in [0.1, 0.15) is 4.88 Å². The minimum absolute atomic E-state index is 0.796. The summed E-state index contributed by atoms with van der Waals surface area (Å²) in [5.41, 5.74) is 2.26. The maximum atomic E-state index is 5.39. The highest BCUT2D eigenvalue weighted by molar-refractivity contribution is 9.10. The van der Waals surface area contributed by atoms with E-state index in [2.05, 4.69) is 39.9 Å². The van der Waals surface area contributed by atoms with Crippen molar-refractivity contribution < 1.29 is 4.74 Å². The van der Waals surface area contributed by atoms with Gasteiger partial charge in [-0.15, -0.1) is 11.3 Å². The van der Waals surface area contributed by atoms with Gasteiger partial charge < -0.3 is 9.64 Å². The third-order valence-electron chi connectivity index (χ3n) is 3.16. The first kappa shape index (κ1) is 13.1. The van der Waals surface area contributed by atoms with E-state index in [4.69, 9.17) is 9.72 Å². The SMILES string of the molecule is Cc1sc(N2CCOCC2)nc1-c1cccc(Br)c1. The highest BCUT2D eigenvalue weighted by atomic mass is 79.9. The van der Waals surface area contributed by atoms with E-state index in [1.165, 1.54) is 10.4 Å². The van der Waals surface area contributed by atoms with Crippen molar-refractivity contribution in [1.82, 2.24) is 4.98 Å². The van der Waals surface area contributed by atoms with Gasteiger partial charge in [0.15, 0.2) is 5.13 Å². The van der Waals surface area contributed by atoms with Gasteiger partial charge in [0.1, 0.15) is 0 Å². The molecule has 3 nitrogen and oxygen atoms in total. The van der Waals surface area contributed by atoms with Crippen molar-refractivity contribution in [1.29, 1.82) is 0 Å². The zero-order chi connectivity index (χ0) is 13.2. The van der Waals surface area contributed by atoms with Crippen LogP contribution in [0.2, 0.25) is 0 Å². The predicted octanol–water partition coefficient (Wildman–Crippen LogP) is 3.72. The van der Waals surface area contributed by atoms with Crippen LogP contribution < -0.4 is 4.90 Å². The van der Waals surface area contributed by atoms with Gasteiger partial charge in [0, 0.05) is 28.0 Å². The molecule has 1 aromatic carbocycles. The summed E-state index contributed by atoms with van der Waals surface area (Å²) < 4.78 is 6.48. The van der Waals surface area contributed by atoms with Crippen LogP contribution in [0.3, 0.4) is 0 Å². The van der Waals surface area contributed by atoms with Crippen molar-refractivity contribution in [2.45, 2.75) is 6.92 Å². The van der Waals surface area contributed by atoms with E-state index in [1.807, 2.05) is 12.1 Å². The number of halogens is 1. The third kappa shape index (κ3) is 2.83. The molecule has 100 valence electrons. The Labute approximate surface area is 125 Å². The summed E-state index contributed by atoms with van der Waals surface area (Å²) in [5.74, 6) is 0. The molecule has 0 spiro atoms. The molecule has 0 atom stereocenters. The Kier molecular flexibility index (Phi) is 3.86. The second kappa shape index (κ2) is 5.61. The first-order valence-electron chi connectivity index (χ1n) is 6.30. The summed E-state index contributed by atoms with van der Waals surface area (Å²) in [6.45, 7) is 5.60. The first-order valence-corrected chi connectivity index (χ1v) is 7.91. The highest BCUT2D eigenvalue weighted by Crippen LogP contribution is 2.33. The molecule has 0 N–H and O–H groups in total. The van der Waals surface area contributed by atoms with Crippen molar-refractivity contribution in [3.63, 3.8) is 0 Å². The summed E-state index contributed by atoms with van der Waals surface area (Å²) in [6.07, 6.45) is 0. The lowest BCUT2D eigenvalue weighted by Crippen LogP contribution is -2.36. The van der Waals surface area contributed by atoms with Crippen molar-refractivity contribution >= 4 is 32.4 Å². The third-order valence-corrected chi connectivity index (χ3v) is 4.69. The molecule has 0 bridgehead atoms. The van der Waals surface area contributed by atoms with Crippen molar-refractivity contribution in [2.75, 3.05) is 31.2 Å². The molecule has 1 aromatic heterocycles. The Morgan fingerprint density at radius 1 is 1.32 bits per heavy atom. The van der Waals surface area contributed by atoms with Crippen molar-refractivity contribution in [3.8, 4) is 11.3 Å². The van der Waals surface area contributed by atoms with Crippen LogP contribution in [-0.2, 0) is 4.74 Å². The quantitative estimate of drug-likeness (QED) is 0.834. The number of hydrogen-bond acceptors (Lipinski definition) is 4. The van der Waals surface area contributed by atoms with Gasteiger partial charge in [0.2, 0.25) is 0 Å². The first-order chi connectivity index (χ1) is 9.24. The number of rotatable bonds is 2. The Balaban J connectivity index is 1.92. The van der Waals surface area contributed by atoms with Crippen LogP contribution in [0.5, 0.6) is 0 Å². The summed E-state index contributed by atoms with van der Waals surface area (Å²) in [5, 5.41) is 1.11. The van der Waals surface area contributed by atoms with E-state index in [0.29, 0.717) is 0 Å². The fourth-order valence-corrected chi connectivity index (χ4v) is 3.56. The number of aryl methyl sites for hydroxylation is 1. The topological polar surface area (TPSA) is 25.4 Å². The van der Waals surface area contributed by atoms with E-state index >= 15 is 0 Å². The molecule has 19 heavy (non-hydrogen) atoms. The van der Waals surface area contributed by atoms with Crippen LogP contribution in [0.4, 0.5) is 5.13 Å². The van der Waals surface area contributed by atoms with Gasteiger partial charge in [-0.2, -0.15) is 0 Å². The number of hydrogen-bond donors (Lipinski definition) is 0. The zero-order valence-corrected chi connectivity index (χ0v) is 13.1. The molecule has 0 amide bonds. The lowest BCUT2D eigenvalue weighted by molar-refractivity contribution is 0.122. The minimum atomic E-state index is 0.796. The fraction of sp³-hybridized carbons (Fsp3) is 0.357. The Morgan fingerprint density at radius 3 is 2.84 bits per heavy atom. The van der Waals surface area contributed by atoms with E-state index in [9.17, 15) is 0 Å². The second-order valence-corrected chi connectivity index (χ2v) is 6.61. The van der Waals surface area contributed by atoms with Gasteiger partial charge in [-0.05, 0) is 19.1 Å². The number of nitrogens with zero attached hydrogens (tertiary/aromatic N) is 2. The fourth-order valence-electron chi connectivity index (χ4n) is 2.18. The van der Waals surface area contributed by atoms with E-state index < -0.39 is 0 Å². The summed E-state index contributed by atoms with van der Waals surface area (Å²) in [4.78, 5) is 8.38. The molecule has 1 fully saturated rings. The van der Waals surface area contributed by atoms with Crippen LogP contribution in [-0.4, -0.2) is 31.3 Å². The zero-order valence-electron chi connectivity index (χ0n) is 10.7. The summed E-state index contributed by atoms with van der Waals surface area (Å²) in [7, 11) is 0. The minimum Gasteiger partial charge on any atom is -0.378 e. The number of morpholine rings is 1. The molecule has 2 aromatic rings. The molecule has 1 saturated heterocycles. The number of anilines is 1. The second-order valence-electron chi connectivity index (χ2n) is 4.51. The highest BCUT2D eigenvalue weighted by Gasteiger charge is 2.17. The standard InChI is InChI=1S/C14H15BrN2OS/c1-10-13(11-3-2-4-12(15)9-11)16-14(19-10)17-5-7-18-8-6-17/h2-4,9H,5-8H2,1H3. The molecule has 2 heterocycles. The number of ether oxygens (including phenoxy) is 1. The van der Waals surface area contributed by atoms with Crippen molar-refractivity contribution in [2.24, 2.45) is 0 Å². The number of benzene rings is 1. The van der Waals surface area contributed by atoms with E-state index in [-0.39, 0.29) is 0 Å². The smallest absolute Gasteiger partial charge is 0.186 e. The van der Waals surface area contributed by atoms with Crippen LogP contribution in [0.15, 0.2) is 28.7 Å². The predicted molar refractivity (Wildman–Crippen MR) is 83.0 cm³/mol. The number of aromatic nitrogens is 1. The molecule has 3 rings (SSSR count). The normalized spacial score (nSPS) is 15.8. The van der Waals surface area contributed by atoms with Gasteiger partial charge in [0.05, 0.1) is 18.9 Å². The maximum Gasteiger partial charge on any atom is 0.186 e. The van der Waals surface area contributed by atoms with Gasteiger partial charge in [-0.3, -0.25) is 0 Å².